The summed E-state index contributed by atoms with van der Waals surface area (Å²) in [7, 11) is 2.14. The molecule has 0 radical (unpaired) electrons. The van der Waals surface area contributed by atoms with Gasteiger partial charge in [0.2, 0.25) is 0 Å². The largest absolute Gasteiger partial charge is 0.394 e. The lowest BCUT2D eigenvalue weighted by molar-refractivity contribution is 0.0511. The molecule has 1 aliphatic carbocycles. The van der Waals surface area contributed by atoms with E-state index < -0.39 is 0 Å². The van der Waals surface area contributed by atoms with Crippen LogP contribution in [0.4, 0.5) is 0 Å². The Morgan fingerprint density at radius 3 is 2.40 bits per heavy atom. The molecule has 2 unspecified atom stereocenters. The zero-order valence-corrected chi connectivity index (χ0v) is 10.8. The van der Waals surface area contributed by atoms with Crippen LogP contribution < -0.4 is 0 Å². The Hall–Kier alpha value is -0.0800. The highest BCUT2D eigenvalue weighted by Crippen LogP contribution is 2.31. The molecule has 0 bridgehead atoms. The van der Waals surface area contributed by atoms with Crippen molar-refractivity contribution in [3.63, 3.8) is 0 Å². The van der Waals surface area contributed by atoms with Gasteiger partial charge in [-0.3, -0.25) is 4.90 Å². The van der Waals surface area contributed by atoms with Crippen LogP contribution in [0.25, 0.3) is 0 Å². The van der Waals surface area contributed by atoms with Crippen LogP contribution in [0, 0.1) is 11.8 Å². The SMILES string of the molecule is CC1CCCCC1CN(C)C(C)(C)CO. The molecule has 1 saturated carbocycles. The average molecular weight is 213 g/mol. The lowest BCUT2D eigenvalue weighted by Gasteiger charge is -2.39. The molecule has 0 aromatic carbocycles. The van der Waals surface area contributed by atoms with Gasteiger partial charge in [-0.2, -0.15) is 0 Å². The lowest BCUT2D eigenvalue weighted by atomic mass is 9.80. The highest BCUT2D eigenvalue weighted by Gasteiger charge is 2.28. The zero-order chi connectivity index (χ0) is 11.5. The van der Waals surface area contributed by atoms with Gasteiger partial charge in [-0.1, -0.05) is 26.2 Å². The van der Waals surface area contributed by atoms with E-state index in [-0.39, 0.29) is 12.1 Å². The Kier molecular flexibility index (Phi) is 4.60. The molecule has 1 N–H and O–H groups in total. The van der Waals surface area contributed by atoms with Crippen LogP contribution in [0.3, 0.4) is 0 Å². The van der Waals surface area contributed by atoms with E-state index in [1.165, 1.54) is 25.7 Å². The van der Waals surface area contributed by atoms with Crippen LogP contribution in [-0.4, -0.2) is 35.7 Å². The Morgan fingerprint density at radius 2 is 1.87 bits per heavy atom. The summed E-state index contributed by atoms with van der Waals surface area (Å²) in [5.41, 5.74) is -0.0723. The third-order valence-electron chi connectivity index (χ3n) is 4.22. The van der Waals surface area contributed by atoms with Crippen molar-refractivity contribution >= 4 is 0 Å². The molecule has 2 nitrogen and oxygen atoms in total. The standard InChI is InChI=1S/C13H27NO/c1-11-7-5-6-8-12(11)9-14(4)13(2,3)10-15/h11-12,15H,5-10H2,1-4H3. The summed E-state index contributed by atoms with van der Waals surface area (Å²) in [5.74, 6) is 1.69. The molecule has 0 amide bonds. The molecule has 2 heteroatoms. The number of aliphatic hydroxyl groups is 1. The minimum atomic E-state index is -0.0723. The third kappa shape index (κ3) is 3.46. The van der Waals surface area contributed by atoms with Gasteiger partial charge in [0, 0.05) is 12.1 Å². The van der Waals surface area contributed by atoms with E-state index in [1.54, 1.807) is 0 Å². The van der Waals surface area contributed by atoms with Crippen LogP contribution in [0.2, 0.25) is 0 Å². The van der Waals surface area contributed by atoms with E-state index in [0.29, 0.717) is 0 Å². The van der Waals surface area contributed by atoms with Crippen molar-refractivity contribution in [2.75, 3.05) is 20.2 Å². The molecule has 90 valence electrons. The fourth-order valence-corrected chi connectivity index (χ4v) is 2.38. The van der Waals surface area contributed by atoms with E-state index in [1.807, 2.05) is 0 Å². The first kappa shape index (κ1) is 13.0. The second-order valence-corrected chi connectivity index (χ2v) is 5.87. The van der Waals surface area contributed by atoms with Crippen LogP contribution in [0.5, 0.6) is 0 Å². The van der Waals surface area contributed by atoms with Crippen molar-refractivity contribution in [2.24, 2.45) is 11.8 Å². The number of likely N-dealkylation sites (N-methyl/N-ethyl adjacent to an activating group) is 1. The first-order valence-electron chi connectivity index (χ1n) is 6.29. The monoisotopic (exact) mass is 213 g/mol. The molecular weight excluding hydrogens is 186 g/mol. The lowest BCUT2D eigenvalue weighted by Crippen LogP contribution is -2.47. The van der Waals surface area contributed by atoms with E-state index >= 15 is 0 Å². The summed E-state index contributed by atoms with van der Waals surface area (Å²) in [4.78, 5) is 2.32. The van der Waals surface area contributed by atoms with Crippen molar-refractivity contribution in [1.29, 1.82) is 0 Å². The van der Waals surface area contributed by atoms with Crippen LogP contribution >= 0.6 is 0 Å². The predicted molar refractivity (Wildman–Crippen MR) is 64.9 cm³/mol. The molecule has 0 aromatic heterocycles. The molecule has 1 fully saturated rings. The van der Waals surface area contributed by atoms with Crippen molar-refractivity contribution in [2.45, 2.75) is 52.0 Å². The second-order valence-electron chi connectivity index (χ2n) is 5.87. The molecule has 1 rings (SSSR count). The highest BCUT2D eigenvalue weighted by atomic mass is 16.3. The third-order valence-corrected chi connectivity index (χ3v) is 4.22. The quantitative estimate of drug-likeness (QED) is 0.775. The predicted octanol–water partition coefficient (Wildman–Crippen LogP) is 2.52. The van der Waals surface area contributed by atoms with E-state index in [0.717, 1.165) is 18.4 Å². The topological polar surface area (TPSA) is 23.5 Å². The van der Waals surface area contributed by atoms with Gasteiger partial charge in [-0.05, 0) is 39.2 Å². The first-order chi connectivity index (χ1) is 6.97. The zero-order valence-electron chi connectivity index (χ0n) is 10.8. The van der Waals surface area contributed by atoms with Gasteiger partial charge in [0.1, 0.15) is 0 Å². The van der Waals surface area contributed by atoms with Crippen LogP contribution in [0.15, 0.2) is 0 Å². The number of hydrogen-bond donors (Lipinski definition) is 1. The molecule has 15 heavy (non-hydrogen) atoms. The summed E-state index contributed by atoms with van der Waals surface area (Å²) >= 11 is 0. The van der Waals surface area contributed by atoms with E-state index in [2.05, 4.69) is 32.7 Å². The maximum atomic E-state index is 9.32. The van der Waals surface area contributed by atoms with Gasteiger partial charge in [0.25, 0.3) is 0 Å². The fourth-order valence-electron chi connectivity index (χ4n) is 2.38. The molecule has 0 aliphatic heterocycles. The van der Waals surface area contributed by atoms with Gasteiger partial charge in [0.05, 0.1) is 6.61 Å². The van der Waals surface area contributed by atoms with Gasteiger partial charge >= 0.3 is 0 Å². The van der Waals surface area contributed by atoms with Gasteiger partial charge in [-0.15, -0.1) is 0 Å². The summed E-state index contributed by atoms with van der Waals surface area (Å²) in [6, 6.07) is 0. The number of nitrogens with zero attached hydrogens (tertiary/aromatic N) is 1. The number of hydrogen-bond acceptors (Lipinski definition) is 2. The Labute approximate surface area is 94.7 Å². The van der Waals surface area contributed by atoms with Crippen molar-refractivity contribution in [3.8, 4) is 0 Å². The molecule has 1 aliphatic rings. The minimum Gasteiger partial charge on any atom is -0.394 e. The van der Waals surface area contributed by atoms with Gasteiger partial charge in [0.15, 0.2) is 0 Å². The minimum absolute atomic E-state index is 0.0723. The van der Waals surface area contributed by atoms with E-state index in [4.69, 9.17) is 0 Å². The van der Waals surface area contributed by atoms with Crippen LogP contribution in [0.1, 0.15) is 46.5 Å². The molecular formula is C13H27NO. The Balaban J connectivity index is 2.45. The molecule has 0 spiro atoms. The summed E-state index contributed by atoms with van der Waals surface area (Å²) < 4.78 is 0. The Morgan fingerprint density at radius 1 is 1.27 bits per heavy atom. The van der Waals surface area contributed by atoms with Crippen LogP contribution in [-0.2, 0) is 0 Å². The molecule has 0 heterocycles. The van der Waals surface area contributed by atoms with Crippen molar-refractivity contribution < 1.29 is 5.11 Å². The summed E-state index contributed by atoms with van der Waals surface area (Å²) in [5, 5.41) is 9.32. The first-order valence-corrected chi connectivity index (χ1v) is 6.29. The number of rotatable bonds is 4. The smallest absolute Gasteiger partial charge is 0.0609 e. The average Bonchev–Trinajstić information content (AvgIpc) is 2.21. The normalized spacial score (nSPS) is 28.4. The van der Waals surface area contributed by atoms with Crippen molar-refractivity contribution in [1.82, 2.24) is 4.90 Å². The summed E-state index contributed by atoms with van der Waals surface area (Å²) in [6.45, 7) is 7.98. The van der Waals surface area contributed by atoms with Gasteiger partial charge < -0.3 is 5.11 Å². The molecule has 2 atom stereocenters. The van der Waals surface area contributed by atoms with Gasteiger partial charge in [-0.25, -0.2) is 0 Å². The summed E-state index contributed by atoms with van der Waals surface area (Å²) in [6.07, 6.45) is 5.55. The van der Waals surface area contributed by atoms with Crippen molar-refractivity contribution in [3.05, 3.63) is 0 Å². The maximum Gasteiger partial charge on any atom is 0.0609 e. The Bertz CT molecular complexity index is 191. The van der Waals surface area contributed by atoms with E-state index in [9.17, 15) is 5.11 Å². The highest BCUT2D eigenvalue weighted by molar-refractivity contribution is 4.82. The second kappa shape index (κ2) is 5.31. The molecule has 0 aromatic rings. The maximum absolute atomic E-state index is 9.32. The fraction of sp³-hybridized carbons (Fsp3) is 1.00. The number of aliphatic hydroxyl groups excluding tert-OH is 1. The molecule has 0 saturated heterocycles.